The number of rotatable bonds is 5. The van der Waals surface area contributed by atoms with E-state index < -0.39 is 5.97 Å². The van der Waals surface area contributed by atoms with Gasteiger partial charge in [0, 0.05) is 6.04 Å². The van der Waals surface area contributed by atoms with E-state index in [4.69, 9.17) is 4.74 Å². The summed E-state index contributed by atoms with van der Waals surface area (Å²) in [7, 11) is 1.38. The van der Waals surface area contributed by atoms with Gasteiger partial charge in [-0.25, -0.2) is 4.79 Å². The van der Waals surface area contributed by atoms with Crippen molar-refractivity contribution < 1.29 is 9.53 Å². The number of tetrazole rings is 1. The van der Waals surface area contributed by atoms with Gasteiger partial charge in [0.1, 0.15) is 0 Å². The first-order chi connectivity index (χ1) is 12.1. The lowest BCUT2D eigenvalue weighted by atomic mass is 9.80. The van der Waals surface area contributed by atoms with Gasteiger partial charge in [0.25, 0.3) is 0 Å². The monoisotopic (exact) mass is 343 g/mol. The van der Waals surface area contributed by atoms with Gasteiger partial charge in [-0.3, -0.25) is 0 Å². The fourth-order valence-corrected chi connectivity index (χ4v) is 3.73. The molecule has 1 aromatic carbocycles. The van der Waals surface area contributed by atoms with Gasteiger partial charge in [0.2, 0.25) is 0 Å². The summed E-state index contributed by atoms with van der Waals surface area (Å²) in [6.07, 6.45) is 5.44. The average molecular weight is 343 g/mol. The van der Waals surface area contributed by atoms with Crippen molar-refractivity contribution in [3.8, 4) is 5.69 Å². The first-order valence-electron chi connectivity index (χ1n) is 8.82. The van der Waals surface area contributed by atoms with E-state index in [1.54, 1.807) is 10.7 Å². The van der Waals surface area contributed by atoms with Crippen molar-refractivity contribution in [3.05, 3.63) is 35.7 Å². The molecule has 1 saturated carbocycles. The summed E-state index contributed by atoms with van der Waals surface area (Å²) >= 11 is 0. The fourth-order valence-electron chi connectivity index (χ4n) is 3.73. The molecule has 0 spiro atoms. The number of nitrogens with zero attached hydrogens (tertiary/aromatic N) is 4. The Balaban J connectivity index is 2.10. The summed E-state index contributed by atoms with van der Waals surface area (Å²) in [5.41, 5.74) is 0.818. The van der Waals surface area contributed by atoms with Gasteiger partial charge in [0.15, 0.2) is 5.82 Å². The maximum atomic E-state index is 12.2. The Bertz CT molecular complexity index is 735. The molecule has 1 aliphatic rings. The van der Waals surface area contributed by atoms with Crippen molar-refractivity contribution >= 4 is 5.97 Å². The number of aromatic nitrogens is 4. The van der Waals surface area contributed by atoms with Crippen molar-refractivity contribution in [3.63, 3.8) is 0 Å². The van der Waals surface area contributed by atoms with Crippen LogP contribution >= 0.6 is 0 Å². The van der Waals surface area contributed by atoms with Crippen LogP contribution in [0.4, 0.5) is 0 Å². The zero-order chi connectivity index (χ0) is 17.9. The van der Waals surface area contributed by atoms with E-state index in [1.165, 1.54) is 13.5 Å². The number of hydrogen-bond acceptors (Lipinski definition) is 6. The van der Waals surface area contributed by atoms with Crippen molar-refractivity contribution in [2.24, 2.45) is 0 Å². The summed E-state index contributed by atoms with van der Waals surface area (Å²) in [5.74, 6) is 0.365. The van der Waals surface area contributed by atoms with E-state index >= 15 is 0 Å². The Labute approximate surface area is 147 Å². The summed E-state index contributed by atoms with van der Waals surface area (Å²) in [6, 6.07) is 7.56. The van der Waals surface area contributed by atoms with Gasteiger partial charge < -0.3 is 10.1 Å². The molecule has 0 saturated heterocycles. The van der Waals surface area contributed by atoms with Crippen molar-refractivity contribution in [1.29, 1.82) is 0 Å². The zero-order valence-corrected chi connectivity index (χ0v) is 15.0. The first kappa shape index (κ1) is 17.5. The quantitative estimate of drug-likeness (QED) is 0.841. The topological polar surface area (TPSA) is 81.9 Å². The van der Waals surface area contributed by atoms with Crippen LogP contribution in [0.1, 0.15) is 62.1 Å². The molecule has 1 N–H and O–H groups in total. The van der Waals surface area contributed by atoms with Crippen LogP contribution < -0.4 is 5.32 Å². The zero-order valence-electron chi connectivity index (χ0n) is 15.0. The molecule has 7 heteroatoms. The SMILES string of the molecule is COC(=O)c1ccccc1-n1nnnc1C1(NC(C)C)CCCCC1. The maximum absolute atomic E-state index is 12.2. The number of methoxy groups -OCH3 is 1. The fraction of sp³-hybridized carbons (Fsp3) is 0.556. The highest BCUT2D eigenvalue weighted by Crippen LogP contribution is 2.37. The van der Waals surface area contributed by atoms with Crippen LogP contribution in [0.5, 0.6) is 0 Å². The van der Waals surface area contributed by atoms with E-state index in [0.29, 0.717) is 17.3 Å². The molecule has 0 radical (unpaired) electrons. The van der Waals surface area contributed by atoms with Crippen molar-refractivity contribution in [2.45, 2.75) is 57.5 Å². The van der Waals surface area contributed by atoms with E-state index in [-0.39, 0.29) is 5.54 Å². The third-order valence-electron chi connectivity index (χ3n) is 4.71. The van der Waals surface area contributed by atoms with Crippen LogP contribution in [0.3, 0.4) is 0 Å². The molecular weight excluding hydrogens is 318 g/mol. The first-order valence-corrected chi connectivity index (χ1v) is 8.82. The van der Waals surface area contributed by atoms with Gasteiger partial charge in [0.05, 0.1) is 23.9 Å². The minimum absolute atomic E-state index is 0.279. The highest BCUT2D eigenvalue weighted by molar-refractivity contribution is 5.93. The molecule has 1 heterocycles. The highest BCUT2D eigenvalue weighted by atomic mass is 16.5. The molecule has 1 aliphatic carbocycles. The molecule has 2 aromatic rings. The molecule has 134 valence electrons. The van der Waals surface area contributed by atoms with Gasteiger partial charge in [-0.2, -0.15) is 4.68 Å². The standard InChI is InChI=1S/C18H25N5O2/c1-13(2)19-18(11-7-4-8-12-18)17-20-21-22-23(17)15-10-6-5-9-14(15)16(24)25-3/h5-6,9-10,13,19H,4,7-8,11-12H2,1-3H3. The molecule has 0 unspecified atom stereocenters. The Morgan fingerprint density at radius 1 is 1.24 bits per heavy atom. The minimum Gasteiger partial charge on any atom is -0.465 e. The Morgan fingerprint density at radius 2 is 1.96 bits per heavy atom. The van der Waals surface area contributed by atoms with Crippen LogP contribution in [0.2, 0.25) is 0 Å². The molecule has 0 bridgehead atoms. The number of nitrogens with one attached hydrogen (secondary N) is 1. The second-order valence-corrected chi connectivity index (χ2v) is 6.86. The molecule has 7 nitrogen and oxygen atoms in total. The number of esters is 1. The summed E-state index contributed by atoms with van der Waals surface area (Å²) < 4.78 is 6.60. The lowest BCUT2D eigenvalue weighted by molar-refractivity contribution is 0.0600. The highest BCUT2D eigenvalue weighted by Gasteiger charge is 2.39. The number of ether oxygens (including phenoxy) is 1. The third kappa shape index (κ3) is 3.42. The van der Waals surface area contributed by atoms with E-state index in [2.05, 4.69) is 34.7 Å². The Kier molecular flexibility index (Phi) is 5.13. The maximum Gasteiger partial charge on any atom is 0.340 e. The van der Waals surface area contributed by atoms with Crippen LogP contribution in [0, 0.1) is 0 Å². The Hall–Kier alpha value is -2.28. The van der Waals surface area contributed by atoms with Gasteiger partial charge in [-0.05, 0) is 49.2 Å². The Morgan fingerprint density at radius 3 is 2.64 bits per heavy atom. The number of hydrogen-bond donors (Lipinski definition) is 1. The molecular formula is C18H25N5O2. The van der Waals surface area contributed by atoms with Crippen molar-refractivity contribution in [2.75, 3.05) is 7.11 Å². The second-order valence-electron chi connectivity index (χ2n) is 6.86. The molecule has 0 aliphatic heterocycles. The molecule has 1 aromatic heterocycles. The van der Waals surface area contributed by atoms with E-state index in [0.717, 1.165) is 31.5 Å². The molecule has 1 fully saturated rings. The molecule has 25 heavy (non-hydrogen) atoms. The number of carbonyl (C=O) groups is 1. The van der Waals surface area contributed by atoms with E-state index in [1.807, 2.05) is 18.2 Å². The summed E-state index contributed by atoms with van der Waals surface area (Å²) in [6.45, 7) is 4.26. The second kappa shape index (κ2) is 7.31. The average Bonchev–Trinajstić information content (AvgIpc) is 3.11. The van der Waals surface area contributed by atoms with Crippen LogP contribution in [-0.2, 0) is 10.3 Å². The molecule has 3 rings (SSSR count). The third-order valence-corrected chi connectivity index (χ3v) is 4.71. The summed E-state index contributed by atoms with van der Waals surface area (Å²) in [5, 5.41) is 16.2. The predicted molar refractivity (Wildman–Crippen MR) is 93.5 cm³/mol. The number of benzene rings is 1. The smallest absolute Gasteiger partial charge is 0.340 e. The number of carbonyl (C=O) groups excluding carboxylic acids is 1. The normalized spacial score (nSPS) is 16.8. The molecule has 0 amide bonds. The van der Waals surface area contributed by atoms with Gasteiger partial charge >= 0.3 is 5.97 Å². The van der Waals surface area contributed by atoms with E-state index in [9.17, 15) is 4.79 Å². The van der Waals surface area contributed by atoms with Crippen LogP contribution in [-0.4, -0.2) is 39.3 Å². The van der Waals surface area contributed by atoms with Crippen LogP contribution in [0.25, 0.3) is 5.69 Å². The largest absolute Gasteiger partial charge is 0.465 e. The minimum atomic E-state index is -0.397. The van der Waals surface area contributed by atoms with Crippen molar-refractivity contribution in [1.82, 2.24) is 25.5 Å². The lowest BCUT2D eigenvalue weighted by Crippen LogP contribution is -2.49. The lowest BCUT2D eigenvalue weighted by Gasteiger charge is -2.38. The van der Waals surface area contributed by atoms with Gasteiger partial charge in [-0.1, -0.05) is 31.4 Å². The predicted octanol–water partition coefficient (Wildman–Crippen LogP) is 2.61. The van der Waals surface area contributed by atoms with Crippen LogP contribution in [0.15, 0.2) is 24.3 Å². The molecule has 0 atom stereocenters. The number of para-hydroxylation sites is 1. The van der Waals surface area contributed by atoms with Gasteiger partial charge in [-0.15, -0.1) is 5.10 Å². The summed E-state index contributed by atoms with van der Waals surface area (Å²) in [4.78, 5) is 12.2.